The molecule has 0 aliphatic carbocycles. The van der Waals surface area contributed by atoms with Gasteiger partial charge in [0.25, 0.3) is 0 Å². The van der Waals surface area contributed by atoms with E-state index in [4.69, 9.17) is 9.47 Å². The molecule has 1 heterocycles. The van der Waals surface area contributed by atoms with Gasteiger partial charge in [-0.1, -0.05) is 6.07 Å². The Morgan fingerprint density at radius 3 is 2.45 bits per heavy atom. The molecule has 31 heavy (non-hydrogen) atoms. The number of halogens is 2. The van der Waals surface area contributed by atoms with E-state index in [1.165, 1.54) is 18.1 Å². The van der Waals surface area contributed by atoms with Crippen LogP contribution in [0.25, 0.3) is 0 Å². The van der Waals surface area contributed by atoms with Gasteiger partial charge < -0.3 is 24.0 Å². The van der Waals surface area contributed by atoms with Crippen LogP contribution in [0.3, 0.4) is 0 Å². The predicted molar refractivity (Wildman–Crippen MR) is 110 cm³/mol. The molecular formula is C22H24F2N2O5. The SMILES string of the molecule is COc1ccc(N2CC(C(=O)N(C)Cc3ccc(OC(F)F)c(OC)c3)CC2=O)cc1. The van der Waals surface area contributed by atoms with Gasteiger partial charge >= 0.3 is 6.61 Å². The summed E-state index contributed by atoms with van der Waals surface area (Å²) in [5, 5.41) is 0. The number of nitrogens with zero attached hydrogens (tertiary/aromatic N) is 2. The number of benzene rings is 2. The highest BCUT2D eigenvalue weighted by Gasteiger charge is 2.36. The van der Waals surface area contributed by atoms with Crippen LogP contribution in [0.2, 0.25) is 0 Å². The largest absolute Gasteiger partial charge is 0.497 e. The number of ether oxygens (including phenoxy) is 3. The first-order chi connectivity index (χ1) is 14.8. The molecule has 166 valence electrons. The number of methoxy groups -OCH3 is 2. The summed E-state index contributed by atoms with van der Waals surface area (Å²) in [6, 6.07) is 11.6. The van der Waals surface area contributed by atoms with Gasteiger partial charge in [0.2, 0.25) is 11.8 Å². The van der Waals surface area contributed by atoms with Crippen molar-refractivity contribution in [3.05, 3.63) is 48.0 Å². The number of rotatable bonds is 8. The van der Waals surface area contributed by atoms with Gasteiger partial charge in [0.15, 0.2) is 11.5 Å². The summed E-state index contributed by atoms with van der Waals surface area (Å²) in [4.78, 5) is 28.5. The highest BCUT2D eigenvalue weighted by molar-refractivity contribution is 6.00. The lowest BCUT2D eigenvalue weighted by atomic mass is 10.1. The van der Waals surface area contributed by atoms with E-state index in [-0.39, 0.29) is 36.3 Å². The zero-order valence-electron chi connectivity index (χ0n) is 17.5. The lowest BCUT2D eigenvalue weighted by Gasteiger charge is -2.22. The molecule has 1 atom stereocenters. The first-order valence-electron chi connectivity index (χ1n) is 9.63. The highest BCUT2D eigenvalue weighted by Crippen LogP contribution is 2.31. The Labute approximate surface area is 179 Å². The zero-order valence-corrected chi connectivity index (χ0v) is 17.5. The monoisotopic (exact) mass is 434 g/mol. The molecule has 9 heteroatoms. The van der Waals surface area contributed by atoms with E-state index in [2.05, 4.69) is 4.74 Å². The number of alkyl halides is 2. The van der Waals surface area contributed by atoms with Gasteiger partial charge in [-0.3, -0.25) is 9.59 Å². The van der Waals surface area contributed by atoms with E-state index in [0.717, 1.165) is 0 Å². The molecule has 0 spiro atoms. The molecule has 0 bridgehead atoms. The maximum absolute atomic E-state index is 12.9. The summed E-state index contributed by atoms with van der Waals surface area (Å²) in [6.07, 6.45) is 0.125. The van der Waals surface area contributed by atoms with Gasteiger partial charge in [-0.05, 0) is 42.0 Å². The summed E-state index contributed by atoms with van der Waals surface area (Å²) in [5.74, 6) is 0.00142. The molecule has 0 saturated carbocycles. The third kappa shape index (κ3) is 5.22. The number of amides is 2. The van der Waals surface area contributed by atoms with E-state index in [0.29, 0.717) is 23.5 Å². The molecule has 1 unspecified atom stereocenters. The van der Waals surface area contributed by atoms with Crippen molar-refractivity contribution in [2.75, 3.05) is 32.7 Å². The average molecular weight is 434 g/mol. The van der Waals surface area contributed by atoms with Crippen molar-refractivity contribution in [2.45, 2.75) is 19.6 Å². The second-order valence-corrected chi connectivity index (χ2v) is 7.16. The van der Waals surface area contributed by atoms with E-state index < -0.39 is 12.5 Å². The number of carbonyl (C=O) groups excluding carboxylic acids is 2. The third-order valence-corrected chi connectivity index (χ3v) is 5.10. The average Bonchev–Trinajstić information content (AvgIpc) is 3.15. The van der Waals surface area contributed by atoms with Crippen molar-refractivity contribution in [2.24, 2.45) is 5.92 Å². The lowest BCUT2D eigenvalue weighted by molar-refractivity contribution is -0.135. The molecule has 1 aliphatic heterocycles. The van der Waals surface area contributed by atoms with E-state index in [1.807, 2.05) is 0 Å². The summed E-state index contributed by atoms with van der Waals surface area (Å²) in [7, 11) is 4.55. The minimum Gasteiger partial charge on any atom is -0.497 e. The molecule has 2 aromatic rings. The van der Waals surface area contributed by atoms with E-state index in [1.54, 1.807) is 55.5 Å². The summed E-state index contributed by atoms with van der Waals surface area (Å²) >= 11 is 0. The van der Waals surface area contributed by atoms with Crippen molar-refractivity contribution in [1.82, 2.24) is 4.90 Å². The maximum Gasteiger partial charge on any atom is 0.387 e. The van der Waals surface area contributed by atoms with Gasteiger partial charge in [0, 0.05) is 32.2 Å². The van der Waals surface area contributed by atoms with Crippen molar-refractivity contribution in [1.29, 1.82) is 0 Å². The molecule has 7 nitrogen and oxygen atoms in total. The van der Waals surface area contributed by atoms with E-state index in [9.17, 15) is 18.4 Å². The molecule has 1 saturated heterocycles. The number of hydrogen-bond acceptors (Lipinski definition) is 5. The molecule has 0 aromatic heterocycles. The standard InChI is InChI=1S/C22H24F2N2O5/c1-25(12-14-4-9-18(31-22(23)24)19(10-14)30-3)21(28)15-11-20(27)26(13-15)16-5-7-17(29-2)8-6-16/h4-10,15,22H,11-13H2,1-3H3. The normalized spacial score (nSPS) is 15.9. The fourth-order valence-electron chi connectivity index (χ4n) is 3.55. The molecule has 1 fully saturated rings. The van der Waals surface area contributed by atoms with Gasteiger partial charge in [-0.15, -0.1) is 0 Å². The first-order valence-corrected chi connectivity index (χ1v) is 9.63. The topological polar surface area (TPSA) is 68.3 Å². The van der Waals surface area contributed by atoms with Crippen LogP contribution < -0.4 is 19.1 Å². The summed E-state index contributed by atoms with van der Waals surface area (Å²) in [5.41, 5.74) is 1.40. The van der Waals surface area contributed by atoms with Crippen LogP contribution in [-0.2, 0) is 16.1 Å². The van der Waals surface area contributed by atoms with E-state index >= 15 is 0 Å². The van der Waals surface area contributed by atoms with Gasteiger partial charge in [0.1, 0.15) is 5.75 Å². The first kappa shape index (κ1) is 22.3. The van der Waals surface area contributed by atoms with Crippen LogP contribution >= 0.6 is 0 Å². The Balaban J connectivity index is 1.65. The minimum absolute atomic E-state index is 0.0771. The van der Waals surface area contributed by atoms with Crippen LogP contribution in [0.15, 0.2) is 42.5 Å². The number of hydrogen-bond donors (Lipinski definition) is 0. The molecular weight excluding hydrogens is 410 g/mol. The minimum atomic E-state index is -2.96. The third-order valence-electron chi connectivity index (χ3n) is 5.10. The van der Waals surface area contributed by atoms with Crippen LogP contribution in [0.4, 0.5) is 14.5 Å². The summed E-state index contributed by atoms with van der Waals surface area (Å²) in [6.45, 7) is -2.44. The Kier molecular flexibility index (Phi) is 6.94. The Hall–Kier alpha value is -3.36. The highest BCUT2D eigenvalue weighted by atomic mass is 19.3. The van der Waals surface area contributed by atoms with Gasteiger partial charge in [-0.25, -0.2) is 0 Å². The lowest BCUT2D eigenvalue weighted by Crippen LogP contribution is -2.34. The van der Waals surface area contributed by atoms with Crippen molar-refractivity contribution >= 4 is 17.5 Å². The fraction of sp³-hybridized carbons (Fsp3) is 0.364. The maximum atomic E-state index is 12.9. The van der Waals surface area contributed by atoms with Crippen molar-refractivity contribution in [3.63, 3.8) is 0 Å². The Bertz CT molecular complexity index is 936. The quantitative estimate of drug-likeness (QED) is 0.638. The molecule has 2 amide bonds. The second-order valence-electron chi connectivity index (χ2n) is 7.16. The molecule has 0 N–H and O–H groups in total. The molecule has 0 radical (unpaired) electrons. The van der Waals surface area contributed by atoms with Crippen molar-refractivity contribution in [3.8, 4) is 17.2 Å². The van der Waals surface area contributed by atoms with Gasteiger partial charge in [-0.2, -0.15) is 8.78 Å². The van der Waals surface area contributed by atoms with Crippen LogP contribution in [0.1, 0.15) is 12.0 Å². The predicted octanol–water partition coefficient (Wildman–Crippen LogP) is 3.32. The molecule has 3 rings (SSSR count). The van der Waals surface area contributed by atoms with Crippen LogP contribution in [-0.4, -0.2) is 51.1 Å². The summed E-state index contributed by atoms with van der Waals surface area (Å²) < 4.78 is 39.6. The second kappa shape index (κ2) is 9.63. The molecule has 2 aromatic carbocycles. The number of anilines is 1. The van der Waals surface area contributed by atoms with Crippen molar-refractivity contribution < 1.29 is 32.6 Å². The Morgan fingerprint density at radius 1 is 1.13 bits per heavy atom. The fourth-order valence-corrected chi connectivity index (χ4v) is 3.55. The Morgan fingerprint density at radius 2 is 1.84 bits per heavy atom. The van der Waals surface area contributed by atoms with Crippen LogP contribution in [0.5, 0.6) is 17.2 Å². The number of carbonyl (C=O) groups is 2. The van der Waals surface area contributed by atoms with Gasteiger partial charge in [0.05, 0.1) is 20.1 Å². The zero-order chi connectivity index (χ0) is 22.5. The smallest absolute Gasteiger partial charge is 0.387 e. The van der Waals surface area contributed by atoms with Crippen LogP contribution in [0, 0.1) is 5.92 Å². The molecule has 1 aliphatic rings.